The number of benzene rings is 1. The smallest absolute Gasteiger partial charge is 0.231 e. The first-order valence-electron chi connectivity index (χ1n) is 5.42. The van der Waals surface area contributed by atoms with Crippen molar-refractivity contribution >= 4 is 21.6 Å². The van der Waals surface area contributed by atoms with Crippen molar-refractivity contribution < 1.29 is 9.84 Å². The molecule has 0 atom stereocenters. The lowest BCUT2D eigenvalue weighted by Gasteiger charge is -2.06. The van der Waals surface area contributed by atoms with Crippen LogP contribution in [0.15, 0.2) is 42.0 Å². The van der Waals surface area contributed by atoms with Gasteiger partial charge in [0.15, 0.2) is 0 Å². The molecule has 18 heavy (non-hydrogen) atoms. The number of nitrogens with zero attached hydrogens (tertiary/aromatic N) is 2. The van der Waals surface area contributed by atoms with E-state index in [4.69, 9.17) is 9.84 Å². The average molecular weight is 258 g/mol. The van der Waals surface area contributed by atoms with Crippen LogP contribution in [0.25, 0.3) is 10.2 Å². The number of hydrogen-bond acceptors (Lipinski definition) is 5. The van der Waals surface area contributed by atoms with Crippen molar-refractivity contribution in [3.8, 4) is 11.6 Å². The molecule has 2 aromatic heterocycles. The number of aliphatic hydroxyl groups excluding tert-OH is 1. The summed E-state index contributed by atoms with van der Waals surface area (Å²) in [7, 11) is 0. The van der Waals surface area contributed by atoms with Crippen molar-refractivity contribution in [2.24, 2.45) is 0 Å². The Bertz CT molecular complexity index is 681. The van der Waals surface area contributed by atoms with Gasteiger partial charge in [-0.25, -0.2) is 9.97 Å². The summed E-state index contributed by atoms with van der Waals surface area (Å²) in [4.78, 5) is 9.21. The van der Waals surface area contributed by atoms with Gasteiger partial charge in [0.2, 0.25) is 5.88 Å². The molecule has 0 aliphatic carbocycles. The minimum atomic E-state index is -0.00512. The van der Waals surface area contributed by atoms with Crippen LogP contribution in [-0.2, 0) is 6.61 Å². The summed E-state index contributed by atoms with van der Waals surface area (Å²) < 4.78 is 5.74. The van der Waals surface area contributed by atoms with Gasteiger partial charge >= 0.3 is 0 Å². The predicted octanol–water partition coefficient (Wildman–Crippen LogP) is 2.98. The van der Waals surface area contributed by atoms with Crippen LogP contribution in [0.4, 0.5) is 0 Å². The number of aliphatic hydroxyl groups is 1. The van der Waals surface area contributed by atoms with E-state index < -0.39 is 0 Å². The van der Waals surface area contributed by atoms with Crippen molar-refractivity contribution in [3.05, 3.63) is 47.6 Å². The highest BCUT2D eigenvalue weighted by atomic mass is 32.1. The summed E-state index contributed by atoms with van der Waals surface area (Å²) in [5.74, 6) is 1.20. The van der Waals surface area contributed by atoms with E-state index in [1.165, 1.54) is 6.33 Å². The van der Waals surface area contributed by atoms with Gasteiger partial charge in [0.1, 0.15) is 16.9 Å². The van der Waals surface area contributed by atoms with E-state index >= 15 is 0 Å². The first kappa shape index (κ1) is 11.1. The summed E-state index contributed by atoms with van der Waals surface area (Å²) in [5.41, 5.74) is 0.808. The van der Waals surface area contributed by atoms with Crippen molar-refractivity contribution in [1.29, 1.82) is 0 Å². The second-order valence-electron chi connectivity index (χ2n) is 3.73. The molecule has 1 N–H and O–H groups in total. The van der Waals surface area contributed by atoms with Crippen LogP contribution >= 0.6 is 11.3 Å². The molecule has 0 aliphatic rings. The standard InChI is InChI=1S/C13H10N2O2S/c16-7-9-2-1-3-10(6-9)17-12-11-4-5-18-13(11)15-8-14-12/h1-6,8,16H,7H2. The lowest BCUT2D eigenvalue weighted by atomic mass is 10.2. The molecule has 0 unspecified atom stereocenters. The summed E-state index contributed by atoms with van der Waals surface area (Å²) in [6, 6.07) is 9.24. The molecule has 3 aromatic rings. The Morgan fingerprint density at radius 1 is 1.22 bits per heavy atom. The van der Waals surface area contributed by atoms with Gasteiger partial charge in [-0.2, -0.15) is 0 Å². The molecule has 3 rings (SSSR count). The molecular formula is C13H10N2O2S. The van der Waals surface area contributed by atoms with Crippen LogP contribution in [0.5, 0.6) is 11.6 Å². The van der Waals surface area contributed by atoms with Crippen molar-refractivity contribution in [3.63, 3.8) is 0 Å². The van der Waals surface area contributed by atoms with Gasteiger partial charge in [-0.15, -0.1) is 11.3 Å². The lowest BCUT2D eigenvalue weighted by molar-refractivity contribution is 0.281. The third kappa shape index (κ3) is 2.05. The van der Waals surface area contributed by atoms with E-state index in [2.05, 4.69) is 9.97 Å². The Labute approximate surface area is 108 Å². The molecule has 0 saturated heterocycles. The number of thiophene rings is 1. The predicted molar refractivity (Wildman–Crippen MR) is 69.9 cm³/mol. The van der Waals surface area contributed by atoms with Crippen molar-refractivity contribution in [2.45, 2.75) is 6.61 Å². The third-order valence-electron chi connectivity index (χ3n) is 2.52. The average Bonchev–Trinajstić information content (AvgIpc) is 2.88. The highest BCUT2D eigenvalue weighted by Gasteiger charge is 2.07. The zero-order chi connectivity index (χ0) is 12.4. The quantitative estimate of drug-likeness (QED) is 0.784. The number of rotatable bonds is 3. The monoisotopic (exact) mass is 258 g/mol. The fourth-order valence-electron chi connectivity index (χ4n) is 1.67. The van der Waals surface area contributed by atoms with Crippen molar-refractivity contribution in [2.75, 3.05) is 0 Å². The summed E-state index contributed by atoms with van der Waals surface area (Å²) in [5, 5.41) is 11.9. The molecular weight excluding hydrogens is 248 g/mol. The topological polar surface area (TPSA) is 55.2 Å². The van der Waals surface area contributed by atoms with Crippen LogP contribution in [0.2, 0.25) is 0 Å². The summed E-state index contributed by atoms with van der Waals surface area (Å²) in [6.45, 7) is -0.00512. The molecule has 90 valence electrons. The number of aromatic nitrogens is 2. The van der Waals surface area contributed by atoms with E-state index in [0.717, 1.165) is 15.8 Å². The lowest BCUT2D eigenvalue weighted by Crippen LogP contribution is -1.90. The maximum absolute atomic E-state index is 9.09. The van der Waals surface area contributed by atoms with Crippen LogP contribution in [0, 0.1) is 0 Å². The molecule has 0 bridgehead atoms. The highest BCUT2D eigenvalue weighted by Crippen LogP contribution is 2.29. The maximum atomic E-state index is 9.09. The summed E-state index contributed by atoms with van der Waals surface area (Å²) >= 11 is 1.55. The van der Waals surface area contributed by atoms with Crippen LogP contribution in [0.3, 0.4) is 0 Å². The fraction of sp³-hybridized carbons (Fsp3) is 0.0769. The van der Waals surface area contributed by atoms with Crippen molar-refractivity contribution in [1.82, 2.24) is 9.97 Å². The molecule has 0 fully saturated rings. The molecule has 0 spiro atoms. The minimum absolute atomic E-state index is 0.00512. The molecule has 0 saturated carbocycles. The Morgan fingerprint density at radius 2 is 2.17 bits per heavy atom. The van der Waals surface area contributed by atoms with Gasteiger partial charge in [-0.05, 0) is 29.1 Å². The van der Waals surface area contributed by atoms with E-state index in [9.17, 15) is 0 Å². The molecule has 5 heteroatoms. The molecule has 2 heterocycles. The van der Waals surface area contributed by atoms with Crippen LogP contribution in [-0.4, -0.2) is 15.1 Å². The second kappa shape index (κ2) is 4.72. The van der Waals surface area contributed by atoms with Crippen LogP contribution < -0.4 is 4.74 Å². The van der Waals surface area contributed by atoms with E-state index in [1.54, 1.807) is 17.4 Å². The number of hydrogen-bond donors (Lipinski definition) is 1. The van der Waals surface area contributed by atoms with E-state index in [1.807, 2.05) is 29.6 Å². The Balaban J connectivity index is 1.98. The van der Waals surface area contributed by atoms with Gasteiger partial charge in [0.25, 0.3) is 0 Å². The first-order chi connectivity index (χ1) is 8.86. The van der Waals surface area contributed by atoms with E-state index in [-0.39, 0.29) is 6.61 Å². The van der Waals surface area contributed by atoms with E-state index in [0.29, 0.717) is 11.6 Å². The van der Waals surface area contributed by atoms with Gasteiger partial charge in [-0.3, -0.25) is 0 Å². The molecule has 4 nitrogen and oxygen atoms in total. The Kier molecular flexibility index (Phi) is 2.92. The number of ether oxygens (including phenoxy) is 1. The molecule has 0 radical (unpaired) electrons. The van der Waals surface area contributed by atoms with Gasteiger partial charge in [0, 0.05) is 0 Å². The Morgan fingerprint density at radius 3 is 3.06 bits per heavy atom. The minimum Gasteiger partial charge on any atom is -0.438 e. The van der Waals surface area contributed by atoms with Crippen LogP contribution in [0.1, 0.15) is 5.56 Å². The fourth-order valence-corrected chi connectivity index (χ4v) is 2.39. The molecule has 0 aliphatic heterocycles. The maximum Gasteiger partial charge on any atom is 0.231 e. The molecule has 1 aromatic carbocycles. The normalized spacial score (nSPS) is 10.7. The Hall–Kier alpha value is -1.98. The largest absolute Gasteiger partial charge is 0.438 e. The number of fused-ring (bicyclic) bond motifs is 1. The highest BCUT2D eigenvalue weighted by molar-refractivity contribution is 7.16. The SMILES string of the molecule is OCc1cccc(Oc2ncnc3sccc23)c1. The second-order valence-corrected chi connectivity index (χ2v) is 4.62. The first-order valence-corrected chi connectivity index (χ1v) is 6.30. The zero-order valence-electron chi connectivity index (χ0n) is 9.41. The summed E-state index contributed by atoms with van der Waals surface area (Å²) in [6.07, 6.45) is 1.49. The molecule has 0 amide bonds. The van der Waals surface area contributed by atoms with Gasteiger partial charge < -0.3 is 9.84 Å². The van der Waals surface area contributed by atoms with Gasteiger partial charge in [-0.1, -0.05) is 12.1 Å². The van der Waals surface area contributed by atoms with Gasteiger partial charge in [0.05, 0.1) is 12.0 Å². The zero-order valence-corrected chi connectivity index (χ0v) is 10.2. The third-order valence-corrected chi connectivity index (χ3v) is 3.34.